The molecule has 1 saturated heterocycles. The molecule has 1 aliphatic rings. The number of imide groups is 1. The summed E-state index contributed by atoms with van der Waals surface area (Å²) in [5.41, 5.74) is -4.75. The van der Waals surface area contributed by atoms with Crippen LogP contribution in [-0.2, 0) is 14.8 Å². The molecule has 0 bridgehead atoms. The molecule has 2 N–H and O–H groups in total. The molecule has 3 amide bonds. The van der Waals surface area contributed by atoms with Gasteiger partial charge in [0.15, 0.2) is 0 Å². The van der Waals surface area contributed by atoms with Crippen molar-refractivity contribution < 1.29 is 35.6 Å². The molecule has 0 saturated carbocycles. The van der Waals surface area contributed by atoms with Gasteiger partial charge in [0.25, 0.3) is 11.6 Å². The third-order valence-electron chi connectivity index (χ3n) is 3.88. The van der Waals surface area contributed by atoms with E-state index in [1.807, 2.05) is 0 Å². The predicted molar refractivity (Wildman–Crippen MR) is 88.0 cm³/mol. The fourth-order valence-corrected chi connectivity index (χ4v) is 3.85. The molecule has 1 heterocycles. The first-order valence-corrected chi connectivity index (χ1v) is 9.05. The van der Waals surface area contributed by atoms with Crippen molar-refractivity contribution in [1.82, 2.24) is 10.0 Å². The Morgan fingerprint density at radius 1 is 0.964 bits per heavy atom. The number of para-hydroxylation sites is 1. The zero-order valence-electron chi connectivity index (χ0n) is 13.7. The average Bonchev–Trinajstić information content (AvgIpc) is 2.87. The Bertz CT molecular complexity index is 1040. The molecule has 0 aromatic heterocycles. The van der Waals surface area contributed by atoms with Gasteiger partial charge in [0, 0.05) is 0 Å². The minimum Gasteiger partial charge on any atom is -0.302 e. The molecular formula is C16H11F4N3O4S. The van der Waals surface area contributed by atoms with Crippen LogP contribution < -0.4 is 14.9 Å². The minimum atomic E-state index is -5.57. The van der Waals surface area contributed by atoms with Crippen molar-refractivity contribution in [1.29, 1.82) is 0 Å². The Kier molecular flexibility index (Phi) is 4.63. The minimum absolute atomic E-state index is 0.101. The lowest BCUT2D eigenvalue weighted by molar-refractivity contribution is -0.194. The zero-order chi connectivity index (χ0) is 20.7. The summed E-state index contributed by atoms with van der Waals surface area (Å²) >= 11 is 0. The van der Waals surface area contributed by atoms with Gasteiger partial charge >= 0.3 is 12.2 Å². The monoisotopic (exact) mass is 417 g/mol. The third kappa shape index (κ3) is 3.10. The number of hydrogen-bond acceptors (Lipinski definition) is 4. The number of hydrogen-bond donors (Lipinski definition) is 2. The fraction of sp³-hybridized carbons (Fsp3) is 0.125. The van der Waals surface area contributed by atoms with E-state index in [2.05, 4.69) is 0 Å². The molecule has 1 fully saturated rings. The molecule has 7 nitrogen and oxygen atoms in total. The van der Waals surface area contributed by atoms with Crippen molar-refractivity contribution in [2.24, 2.45) is 0 Å². The summed E-state index contributed by atoms with van der Waals surface area (Å²) < 4.78 is 81.3. The Labute approximate surface area is 156 Å². The van der Waals surface area contributed by atoms with Gasteiger partial charge in [-0.1, -0.05) is 30.3 Å². The maximum atomic E-state index is 13.9. The van der Waals surface area contributed by atoms with Crippen LogP contribution in [0.4, 0.5) is 28.0 Å². The number of nitrogens with one attached hydrogen (secondary N) is 2. The van der Waals surface area contributed by atoms with Crippen LogP contribution in [0.25, 0.3) is 0 Å². The van der Waals surface area contributed by atoms with E-state index in [-0.39, 0.29) is 4.90 Å². The summed E-state index contributed by atoms with van der Waals surface area (Å²) in [6.07, 6.45) is -5.57. The highest BCUT2D eigenvalue weighted by Gasteiger charge is 2.70. The lowest BCUT2D eigenvalue weighted by Gasteiger charge is -2.29. The maximum Gasteiger partial charge on any atom is 0.435 e. The summed E-state index contributed by atoms with van der Waals surface area (Å²) in [6, 6.07) is 8.45. The molecule has 1 atom stereocenters. The van der Waals surface area contributed by atoms with Crippen molar-refractivity contribution in [2.75, 3.05) is 4.90 Å². The zero-order valence-corrected chi connectivity index (χ0v) is 14.5. The number of rotatable bonds is 4. The van der Waals surface area contributed by atoms with Crippen molar-refractivity contribution in [3.63, 3.8) is 0 Å². The number of carbonyl (C=O) groups excluding carboxylic acids is 2. The summed E-state index contributed by atoms with van der Waals surface area (Å²) in [7, 11) is -4.88. The topological polar surface area (TPSA) is 95.6 Å². The molecule has 2 aromatic rings. The maximum absolute atomic E-state index is 13.9. The van der Waals surface area contributed by atoms with E-state index in [1.54, 1.807) is 0 Å². The van der Waals surface area contributed by atoms with E-state index in [1.165, 1.54) is 40.4 Å². The van der Waals surface area contributed by atoms with Gasteiger partial charge < -0.3 is 5.32 Å². The van der Waals surface area contributed by atoms with Gasteiger partial charge in [-0.2, -0.15) is 17.9 Å². The molecule has 12 heteroatoms. The van der Waals surface area contributed by atoms with Crippen molar-refractivity contribution in [3.8, 4) is 0 Å². The largest absolute Gasteiger partial charge is 0.435 e. The molecule has 0 aliphatic carbocycles. The van der Waals surface area contributed by atoms with E-state index in [4.69, 9.17) is 0 Å². The highest BCUT2D eigenvalue weighted by Crippen LogP contribution is 2.37. The first kappa shape index (κ1) is 19.8. The number of nitrogens with zero attached hydrogens (tertiary/aromatic N) is 1. The molecule has 0 spiro atoms. The number of alkyl halides is 3. The van der Waals surface area contributed by atoms with E-state index in [0.29, 0.717) is 0 Å². The quantitative estimate of drug-likeness (QED) is 0.589. The predicted octanol–water partition coefficient (Wildman–Crippen LogP) is 2.12. The summed E-state index contributed by atoms with van der Waals surface area (Å²) in [4.78, 5) is 24.0. The van der Waals surface area contributed by atoms with Gasteiger partial charge in [0.2, 0.25) is 10.0 Å². The van der Waals surface area contributed by atoms with Gasteiger partial charge in [-0.05, 0) is 24.3 Å². The first-order valence-electron chi connectivity index (χ1n) is 7.56. The van der Waals surface area contributed by atoms with Gasteiger partial charge in [0.05, 0.1) is 10.6 Å². The van der Waals surface area contributed by atoms with Crippen LogP contribution >= 0.6 is 0 Å². The van der Waals surface area contributed by atoms with Crippen LogP contribution in [-0.4, -0.2) is 32.2 Å². The van der Waals surface area contributed by atoms with Crippen molar-refractivity contribution in [2.45, 2.75) is 16.7 Å². The number of sulfonamides is 1. The van der Waals surface area contributed by atoms with E-state index in [0.717, 1.165) is 24.3 Å². The Hall–Kier alpha value is -2.99. The SMILES string of the molecule is O=C1N[C@@](NS(=O)(=O)c2ccccc2)(C(F)(F)F)C(=O)N1c1ccccc1F. The van der Waals surface area contributed by atoms with Crippen LogP contribution in [0.1, 0.15) is 0 Å². The molecule has 3 rings (SSSR count). The van der Waals surface area contributed by atoms with Crippen LogP contribution in [0.2, 0.25) is 0 Å². The fourth-order valence-electron chi connectivity index (χ4n) is 2.56. The Balaban J connectivity index is 2.10. The van der Waals surface area contributed by atoms with Gasteiger partial charge in [-0.3, -0.25) is 4.79 Å². The van der Waals surface area contributed by atoms with E-state index < -0.39 is 50.2 Å². The second-order valence-corrected chi connectivity index (χ2v) is 7.37. The first-order chi connectivity index (χ1) is 13.0. The molecule has 0 radical (unpaired) electrons. The highest BCUT2D eigenvalue weighted by molar-refractivity contribution is 7.89. The molecule has 2 aromatic carbocycles. The van der Waals surface area contributed by atoms with E-state index in [9.17, 15) is 35.6 Å². The van der Waals surface area contributed by atoms with E-state index >= 15 is 0 Å². The summed E-state index contributed by atoms with van der Waals surface area (Å²) in [5.74, 6) is -3.18. The number of benzene rings is 2. The average molecular weight is 417 g/mol. The van der Waals surface area contributed by atoms with Crippen molar-refractivity contribution >= 4 is 27.6 Å². The normalized spacial score (nSPS) is 20.4. The molecule has 28 heavy (non-hydrogen) atoms. The molecular weight excluding hydrogens is 406 g/mol. The standard InChI is InChI=1S/C16H11F4N3O4S/c17-11-8-4-5-9-12(11)23-13(24)15(16(18,19)20,21-14(23)25)22-28(26,27)10-6-2-1-3-7-10/h1-9,22H,(H,21,25)/t15-/m0/s1. The molecule has 148 valence electrons. The van der Waals surface area contributed by atoms with Gasteiger partial charge in [-0.15, -0.1) is 0 Å². The van der Waals surface area contributed by atoms with Gasteiger partial charge in [0.1, 0.15) is 5.82 Å². The van der Waals surface area contributed by atoms with Crippen molar-refractivity contribution in [3.05, 3.63) is 60.4 Å². The van der Waals surface area contributed by atoms with Gasteiger partial charge in [-0.25, -0.2) is 22.5 Å². The number of amides is 3. The van der Waals surface area contributed by atoms with Crippen LogP contribution in [0.15, 0.2) is 59.5 Å². The highest BCUT2D eigenvalue weighted by atomic mass is 32.2. The molecule has 1 aliphatic heterocycles. The lowest BCUT2D eigenvalue weighted by atomic mass is 10.1. The van der Waals surface area contributed by atoms with Crippen LogP contribution in [0, 0.1) is 5.82 Å². The second kappa shape index (κ2) is 6.56. The van der Waals surface area contributed by atoms with Crippen LogP contribution in [0.3, 0.4) is 0 Å². The van der Waals surface area contributed by atoms with Crippen LogP contribution in [0.5, 0.6) is 0 Å². The second-order valence-electron chi connectivity index (χ2n) is 5.69. The number of urea groups is 1. The number of anilines is 1. The Morgan fingerprint density at radius 3 is 2.11 bits per heavy atom. The Morgan fingerprint density at radius 2 is 1.54 bits per heavy atom. The molecule has 0 unspecified atom stereocenters. The third-order valence-corrected chi connectivity index (χ3v) is 5.35. The smallest absolute Gasteiger partial charge is 0.302 e. The summed E-state index contributed by atoms with van der Waals surface area (Å²) in [6.45, 7) is 0. The number of carbonyl (C=O) groups is 2. The summed E-state index contributed by atoms with van der Waals surface area (Å²) in [5, 5.41) is 1.31. The number of halogens is 4. The lowest BCUT2D eigenvalue weighted by Crippen LogP contribution is -2.69.